The summed E-state index contributed by atoms with van der Waals surface area (Å²) in [5.41, 5.74) is 0.622. The number of hydrogen-bond acceptors (Lipinski definition) is 5. The second-order valence-corrected chi connectivity index (χ2v) is 3.66. The molecule has 0 fully saturated rings. The Kier molecular flexibility index (Phi) is 3.59. The highest BCUT2D eigenvalue weighted by atomic mass is 19.4. The maximum absolute atomic E-state index is 11.9. The van der Waals surface area contributed by atoms with Gasteiger partial charge in [0, 0.05) is 12.6 Å². The Bertz CT molecular complexity index is 537. The van der Waals surface area contributed by atoms with Crippen LogP contribution in [0.3, 0.4) is 0 Å². The smallest absolute Gasteiger partial charge is 0.406 e. The molecule has 19 heavy (non-hydrogen) atoms. The second kappa shape index (κ2) is 5.17. The minimum atomic E-state index is -4.68. The van der Waals surface area contributed by atoms with Crippen molar-refractivity contribution in [3.05, 3.63) is 36.0 Å². The van der Waals surface area contributed by atoms with Gasteiger partial charge in [0.25, 0.3) is 0 Å². The zero-order chi connectivity index (χ0) is 13.9. The molecule has 0 unspecified atom stereocenters. The number of halogens is 3. The van der Waals surface area contributed by atoms with Crippen LogP contribution in [0, 0.1) is 6.92 Å². The lowest BCUT2D eigenvalue weighted by molar-refractivity contribution is -0.274. The fourth-order valence-corrected chi connectivity index (χ4v) is 1.37. The van der Waals surface area contributed by atoms with E-state index in [0.717, 1.165) is 0 Å². The van der Waals surface area contributed by atoms with Crippen molar-refractivity contribution in [2.24, 2.45) is 0 Å². The quantitative estimate of drug-likeness (QED) is 0.928. The minimum absolute atomic E-state index is 0.270. The van der Waals surface area contributed by atoms with E-state index in [0.29, 0.717) is 23.9 Å². The molecule has 0 spiro atoms. The van der Waals surface area contributed by atoms with Gasteiger partial charge in [-0.2, -0.15) is 4.98 Å². The van der Waals surface area contributed by atoms with Crippen molar-refractivity contribution >= 4 is 5.69 Å². The van der Waals surface area contributed by atoms with Crippen molar-refractivity contribution in [2.45, 2.75) is 19.8 Å². The van der Waals surface area contributed by atoms with Gasteiger partial charge in [0.1, 0.15) is 5.75 Å². The van der Waals surface area contributed by atoms with Crippen LogP contribution < -0.4 is 10.1 Å². The van der Waals surface area contributed by atoms with Gasteiger partial charge in [-0.1, -0.05) is 5.16 Å². The van der Waals surface area contributed by atoms with Gasteiger partial charge in [0.2, 0.25) is 5.89 Å². The molecule has 0 atom stereocenters. The maximum atomic E-state index is 11.9. The largest absolute Gasteiger partial charge is 0.573 e. The van der Waals surface area contributed by atoms with Gasteiger partial charge in [-0.15, -0.1) is 13.2 Å². The van der Waals surface area contributed by atoms with Crippen LogP contribution in [0.1, 0.15) is 11.7 Å². The molecule has 0 bridgehead atoms. The molecule has 1 N–H and O–H groups in total. The van der Waals surface area contributed by atoms with Gasteiger partial charge in [-0.25, -0.2) is 0 Å². The molecule has 102 valence electrons. The van der Waals surface area contributed by atoms with Gasteiger partial charge >= 0.3 is 6.36 Å². The summed E-state index contributed by atoms with van der Waals surface area (Å²) in [6.07, 6.45) is -4.68. The normalized spacial score (nSPS) is 11.4. The van der Waals surface area contributed by atoms with Crippen LogP contribution in [-0.2, 0) is 6.54 Å². The molecule has 2 rings (SSSR count). The molecule has 0 saturated heterocycles. The lowest BCUT2D eigenvalue weighted by Gasteiger charge is -2.09. The van der Waals surface area contributed by atoms with Crippen molar-refractivity contribution in [2.75, 3.05) is 5.32 Å². The predicted octanol–water partition coefficient (Wildman–Crippen LogP) is 2.89. The number of nitrogens with one attached hydrogen (secondary N) is 1. The van der Waals surface area contributed by atoms with Crippen LogP contribution in [0.5, 0.6) is 5.75 Å². The Hall–Kier alpha value is -2.25. The first-order valence-corrected chi connectivity index (χ1v) is 5.31. The van der Waals surface area contributed by atoms with E-state index in [9.17, 15) is 13.2 Å². The molecule has 0 aliphatic rings. The van der Waals surface area contributed by atoms with Gasteiger partial charge in [0.05, 0.1) is 6.54 Å². The topological polar surface area (TPSA) is 60.2 Å². The molecule has 1 aromatic heterocycles. The standard InChI is InChI=1S/C11H10F3N3O2/c1-7-16-10(17-19-7)6-15-8-2-4-9(5-3-8)18-11(12,13)14/h2-5,15H,6H2,1H3. The first-order chi connectivity index (χ1) is 8.92. The predicted molar refractivity (Wildman–Crippen MR) is 59.5 cm³/mol. The number of aryl methyl sites for hydroxylation is 1. The third kappa shape index (κ3) is 4.16. The van der Waals surface area contributed by atoms with E-state index < -0.39 is 6.36 Å². The van der Waals surface area contributed by atoms with Gasteiger partial charge in [-0.3, -0.25) is 0 Å². The molecule has 2 aromatic rings. The fourth-order valence-electron chi connectivity index (χ4n) is 1.37. The van der Waals surface area contributed by atoms with Crippen LogP contribution in [0.15, 0.2) is 28.8 Å². The minimum Gasteiger partial charge on any atom is -0.406 e. The summed E-state index contributed by atoms with van der Waals surface area (Å²) in [5, 5.41) is 6.62. The number of hydrogen-bond donors (Lipinski definition) is 1. The molecule has 0 aliphatic heterocycles. The summed E-state index contributed by atoms with van der Waals surface area (Å²) in [5.74, 6) is 0.646. The van der Waals surface area contributed by atoms with E-state index in [1.807, 2.05) is 0 Å². The molecule has 0 amide bonds. The number of alkyl halides is 3. The van der Waals surface area contributed by atoms with Gasteiger partial charge < -0.3 is 14.6 Å². The summed E-state index contributed by atoms with van der Waals surface area (Å²) in [7, 11) is 0. The molecule has 0 saturated carbocycles. The highest BCUT2D eigenvalue weighted by Crippen LogP contribution is 2.23. The number of rotatable bonds is 4. The molecule has 5 nitrogen and oxygen atoms in total. The third-order valence-corrected chi connectivity index (χ3v) is 2.11. The van der Waals surface area contributed by atoms with E-state index in [1.165, 1.54) is 24.3 Å². The van der Waals surface area contributed by atoms with E-state index in [-0.39, 0.29) is 5.75 Å². The average Bonchev–Trinajstić information content (AvgIpc) is 2.72. The Morgan fingerprint density at radius 3 is 2.47 bits per heavy atom. The van der Waals surface area contributed by atoms with Crippen molar-refractivity contribution in [1.29, 1.82) is 0 Å². The number of anilines is 1. The van der Waals surface area contributed by atoms with E-state index in [1.54, 1.807) is 6.92 Å². The Labute approximate surface area is 106 Å². The van der Waals surface area contributed by atoms with Gasteiger partial charge in [0.15, 0.2) is 5.82 Å². The molecular weight excluding hydrogens is 263 g/mol. The highest BCUT2D eigenvalue weighted by Gasteiger charge is 2.30. The van der Waals surface area contributed by atoms with Crippen molar-refractivity contribution in [1.82, 2.24) is 10.1 Å². The maximum Gasteiger partial charge on any atom is 0.573 e. The van der Waals surface area contributed by atoms with Crippen LogP contribution in [-0.4, -0.2) is 16.5 Å². The van der Waals surface area contributed by atoms with Crippen molar-refractivity contribution < 1.29 is 22.4 Å². The van der Waals surface area contributed by atoms with Crippen LogP contribution in [0.25, 0.3) is 0 Å². The molecule has 0 aliphatic carbocycles. The number of nitrogens with zero attached hydrogens (tertiary/aromatic N) is 2. The summed E-state index contributed by atoms with van der Waals surface area (Å²) >= 11 is 0. The monoisotopic (exact) mass is 273 g/mol. The number of ether oxygens (including phenoxy) is 1. The number of benzene rings is 1. The first kappa shape index (κ1) is 13.2. The third-order valence-electron chi connectivity index (χ3n) is 2.11. The summed E-state index contributed by atoms with van der Waals surface area (Å²) in [6.45, 7) is 1.98. The Balaban J connectivity index is 1.91. The zero-order valence-electron chi connectivity index (χ0n) is 9.86. The Morgan fingerprint density at radius 1 is 1.26 bits per heavy atom. The zero-order valence-corrected chi connectivity index (χ0v) is 9.86. The molecule has 0 radical (unpaired) electrons. The van der Waals surface area contributed by atoms with Crippen molar-refractivity contribution in [3.63, 3.8) is 0 Å². The van der Waals surface area contributed by atoms with Crippen LogP contribution in [0.2, 0.25) is 0 Å². The van der Waals surface area contributed by atoms with Crippen molar-refractivity contribution in [3.8, 4) is 5.75 Å². The molecule has 1 aromatic carbocycles. The highest BCUT2D eigenvalue weighted by molar-refractivity contribution is 5.46. The summed E-state index contributed by atoms with van der Waals surface area (Å²) < 4.78 is 44.4. The summed E-state index contributed by atoms with van der Waals surface area (Å²) in [4.78, 5) is 3.98. The summed E-state index contributed by atoms with van der Waals surface area (Å²) in [6, 6.07) is 5.37. The lowest BCUT2D eigenvalue weighted by atomic mass is 10.3. The molecule has 8 heteroatoms. The second-order valence-electron chi connectivity index (χ2n) is 3.66. The van der Waals surface area contributed by atoms with Crippen LogP contribution >= 0.6 is 0 Å². The van der Waals surface area contributed by atoms with Gasteiger partial charge in [-0.05, 0) is 24.3 Å². The average molecular weight is 273 g/mol. The fraction of sp³-hybridized carbons (Fsp3) is 0.273. The molecular formula is C11H10F3N3O2. The number of aromatic nitrogens is 2. The Morgan fingerprint density at radius 2 is 1.95 bits per heavy atom. The molecule has 1 heterocycles. The van der Waals surface area contributed by atoms with E-state index in [2.05, 4.69) is 20.2 Å². The SMILES string of the molecule is Cc1nc(CNc2ccc(OC(F)(F)F)cc2)no1. The van der Waals surface area contributed by atoms with Crippen LogP contribution in [0.4, 0.5) is 18.9 Å². The lowest BCUT2D eigenvalue weighted by Crippen LogP contribution is -2.17. The van der Waals surface area contributed by atoms with E-state index >= 15 is 0 Å². The first-order valence-electron chi connectivity index (χ1n) is 5.31. The van der Waals surface area contributed by atoms with E-state index in [4.69, 9.17) is 4.52 Å².